The molecule has 4 aromatic rings. The maximum Gasteiger partial charge on any atom is 0.367 e. The second kappa shape index (κ2) is 8.34. The minimum atomic E-state index is -0.302. The van der Waals surface area contributed by atoms with Gasteiger partial charge in [0.1, 0.15) is 0 Å². The number of aromatic nitrogens is 5. The van der Waals surface area contributed by atoms with Gasteiger partial charge in [-0.15, -0.1) is 5.10 Å². The van der Waals surface area contributed by atoms with Gasteiger partial charge in [0.25, 0.3) is 0 Å². The first-order chi connectivity index (χ1) is 14.6. The highest BCUT2D eigenvalue weighted by Gasteiger charge is 2.13. The lowest BCUT2D eigenvalue weighted by Gasteiger charge is -2.05. The molecule has 0 fully saturated rings. The fourth-order valence-electron chi connectivity index (χ4n) is 3.06. The molecule has 0 aliphatic heterocycles. The van der Waals surface area contributed by atoms with Gasteiger partial charge in [0.15, 0.2) is 11.4 Å². The third-order valence-electron chi connectivity index (χ3n) is 4.65. The number of nitrogens with zero attached hydrogens (tertiary/aromatic N) is 5. The number of aryl methyl sites for hydroxylation is 1. The van der Waals surface area contributed by atoms with E-state index >= 15 is 0 Å². The van der Waals surface area contributed by atoms with Crippen LogP contribution in [0.1, 0.15) is 11.3 Å². The van der Waals surface area contributed by atoms with Gasteiger partial charge in [-0.05, 0) is 24.6 Å². The zero-order chi connectivity index (χ0) is 21.1. The summed E-state index contributed by atoms with van der Waals surface area (Å²) in [6.45, 7) is 5.99. The number of hydrogen-bond acceptors (Lipinski definition) is 5. The van der Waals surface area contributed by atoms with E-state index in [-0.39, 0.29) is 5.69 Å². The molecule has 1 aromatic carbocycles. The highest BCUT2D eigenvalue weighted by atomic mass is 35.5. The average Bonchev–Trinajstić information content (AvgIpc) is 3.39. The van der Waals surface area contributed by atoms with E-state index in [1.807, 2.05) is 49.4 Å². The zero-order valence-corrected chi connectivity index (χ0v) is 17.0. The van der Waals surface area contributed by atoms with Gasteiger partial charge in [-0.25, -0.2) is 9.48 Å². The Morgan fingerprint density at radius 2 is 2.07 bits per heavy atom. The Morgan fingerprint density at radius 3 is 2.77 bits per heavy atom. The van der Waals surface area contributed by atoms with E-state index in [0.29, 0.717) is 23.0 Å². The molecule has 8 heteroatoms. The van der Waals surface area contributed by atoms with Crippen LogP contribution in [0.2, 0.25) is 5.02 Å². The Kier molecular flexibility index (Phi) is 5.45. The molecule has 0 N–H and O–H groups in total. The second-order valence-electron chi connectivity index (χ2n) is 6.52. The topological polar surface area (TPSA) is 78.2 Å². The van der Waals surface area contributed by atoms with Crippen molar-refractivity contribution >= 4 is 22.8 Å². The molecule has 0 bridgehead atoms. The predicted molar refractivity (Wildman–Crippen MR) is 116 cm³/mol. The van der Waals surface area contributed by atoms with Crippen molar-refractivity contribution in [1.82, 2.24) is 24.6 Å². The molecule has 0 saturated heterocycles. The first kappa shape index (κ1) is 19.6. The summed E-state index contributed by atoms with van der Waals surface area (Å²) in [6.07, 6.45) is 10.4. The average molecular weight is 420 g/mol. The van der Waals surface area contributed by atoms with Crippen molar-refractivity contribution in [2.24, 2.45) is 0 Å². The first-order valence-corrected chi connectivity index (χ1v) is 9.58. The third kappa shape index (κ3) is 3.75. The van der Waals surface area contributed by atoms with Gasteiger partial charge >= 0.3 is 5.69 Å². The van der Waals surface area contributed by atoms with Crippen LogP contribution in [0.15, 0.2) is 82.9 Å². The molecule has 0 amide bonds. The van der Waals surface area contributed by atoms with E-state index in [4.69, 9.17) is 16.1 Å². The summed E-state index contributed by atoms with van der Waals surface area (Å²) < 4.78 is 7.79. The fourth-order valence-corrected chi connectivity index (χ4v) is 3.18. The zero-order valence-electron chi connectivity index (χ0n) is 16.2. The van der Waals surface area contributed by atoms with Crippen molar-refractivity contribution < 1.29 is 4.52 Å². The van der Waals surface area contributed by atoms with E-state index in [1.54, 1.807) is 24.5 Å². The minimum Gasteiger partial charge on any atom is -0.356 e. The van der Waals surface area contributed by atoms with Crippen LogP contribution in [-0.2, 0) is 6.54 Å². The van der Waals surface area contributed by atoms with Gasteiger partial charge in [0.05, 0.1) is 18.9 Å². The fraction of sp³-hybridized carbons (Fsp3) is 0.0909. The van der Waals surface area contributed by atoms with Gasteiger partial charge in [0, 0.05) is 27.8 Å². The Morgan fingerprint density at radius 1 is 1.27 bits per heavy atom. The van der Waals surface area contributed by atoms with Crippen LogP contribution in [0.3, 0.4) is 0 Å². The lowest BCUT2D eigenvalue weighted by molar-refractivity contribution is 0.411. The second-order valence-corrected chi connectivity index (χ2v) is 6.96. The number of hydrogen-bond donors (Lipinski definition) is 0. The van der Waals surface area contributed by atoms with Crippen LogP contribution in [0.5, 0.6) is 0 Å². The Balaban J connectivity index is 1.62. The molecule has 3 aromatic heterocycles. The number of fused-ring (bicyclic) bond motifs is 1. The van der Waals surface area contributed by atoms with Crippen LogP contribution in [0.25, 0.3) is 22.3 Å². The Bertz CT molecular complexity index is 1310. The molecule has 0 saturated carbocycles. The molecule has 0 radical (unpaired) electrons. The lowest BCUT2D eigenvalue weighted by atomic mass is 10.0. The van der Waals surface area contributed by atoms with E-state index in [9.17, 15) is 4.79 Å². The van der Waals surface area contributed by atoms with Crippen molar-refractivity contribution in [1.29, 1.82) is 0 Å². The number of rotatable bonds is 6. The largest absolute Gasteiger partial charge is 0.367 e. The van der Waals surface area contributed by atoms with Crippen molar-refractivity contribution in [2.45, 2.75) is 13.5 Å². The Hall–Kier alpha value is -3.71. The normalized spacial score (nSPS) is 12.1. The van der Waals surface area contributed by atoms with Crippen LogP contribution in [0.4, 0.5) is 0 Å². The van der Waals surface area contributed by atoms with E-state index in [2.05, 4.69) is 21.9 Å². The maximum absolute atomic E-state index is 12.6. The van der Waals surface area contributed by atoms with Gasteiger partial charge in [-0.1, -0.05) is 59.8 Å². The van der Waals surface area contributed by atoms with Crippen molar-refractivity contribution in [3.05, 3.63) is 100 Å². The lowest BCUT2D eigenvalue weighted by Crippen LogP contribution is -2.21. The SMILES string of the molecule is C=C/C(=C\C=C\Cn1nc2c(C)c(-c3ccc(Cl)cc3)cnn2c1=O)c1ccno1. The molecule has 3 heterocycles. The number of benzene rings is 1. The van der Waals surface area contributed by atoms with Crippen LogP contribution in [0, 0.1) is 6.92 Å². The molecular formula is C22H18ClN5O2. The van der Waals surface area contributed by atoms with Gasteiger partial charge < -0.3 is 4.52 Å². The molecule has 7 nitrogen and oxygen atoms in total. The van der Waals surface area contributed by atoms with Gasteiger partial charge in [-0.3, -0.25) is 0 Å². The van der Waals surface area contributed by atoms with E-state index in [1.165, 1.54) is 9.20 Å². The van der Waals surface area contributed by atoms with Crippen molar-refractivity contribution in [3.63, 3.8) is 0 Å². The molecule has 0 aliphatic carbocycles. The summed E-state index contributed by atoms with van der Waals surface area (Å²) in [7, 11) is 0. The third-order valence-corrected chi connectivity index (χ3v) is 4.90. The smallest absolute Gasteiger partial charge is 0.356 e. The summed E-state index contributed by atoms with van der Waals surface area (Å²) in [5.74, 6) is 0.620. The molecule has 150 valence electrons. The minimum absolute atomic E-state index is 0.301. The number of halogens is 1. The van der Waals surface area contributed by atoms with Crippen molar-refractivity contribution in [3.8, 4) is 11.1 Å². The molecular weight excluding hydrogens is 402 g/mol. The quantitative estimate of drug-likeness (QED) is 0.434. The summed E-state index contributed by atoms with van der Waals surface area (Å²) in [5, 5.41) is 13.1. The maximum atomic E-state index is 12.6. The Labute approximate surface area is 177 Å². The first-order valence-electron chi connectivity index (χ1n) is 9.20. The molecule has 0 aliphatic rings. The summed E-state index contributed by atoms with van der Waals surface area (Å²) in [5.41, 5.74) is 3.73. The molecule has 30 heavy (non-hydrogen) atoms. The summed E-state index contributed by atoms with van der Waals surface area (Å²) in [4.78, 5) is 12.6. The standard InChI is InChI=1S/C22H18ClN5O2/c1-3-16(20-11-12-25-30-20)6-4-5-13-27-22(29)28-21(26-27)15(2)19(14-24-28)17-7-9-18(23)10-8-17/h3-12,14H,1,13H2,2H3/b5-4+,16-6+. The van der Waals surface area contributed by atoms with Gasteiger partial charge in [0.2, 0.25) is 0 Å². The predicted octanol–water partition coefficient (Wildman–Crippen LogP) is 4.33. The van der Waals surface area contributed by atoms with Gasteiger partial charge in [-0.2, -0.15) is 9.61 Å². The van der Waals surface area contributed by atoms with E-state index < -0.39 is 0 Å². The molecule has 0 unspecified atom stereocenters. The monoisotopic (exact) mass is 419 g/mol. The summed E-state index contributed by atoms with van der Waals surface area (Å²) >= 11 is 5.98. The molecule has 0 spiro atoms. The summed E-state index contributed by atoms with van der Waals surface area (Å²) in [6, 6.07) is 9.22. The highest BCUT2D eigenvalue weighted by molar-refractivity contribution is 6.30. The van der Waals surface area contributed by atoms with Crippen LogP contribution < -0.4 is 5.69 Å². The van der Waals surface area contributed by atoms with Crippen LogP contribution >= 0.6 is 11.6 Å². The van der Waals surface area contributed by atoms with E-state index in [0.717, 1.165) is 22.3 Å². The molecule has 4 rings (SSSR count). The van der Waals surface area contributed by atoms with Crippen molar-refractivity contribution in [2.75, 3.05) is 0 Å². The highest BCUT2D eigenvalue weighted by Crippen LogP contribution is 2.25. The number of allylic oxidation sites excluding steroid dienone is 5. The van der Waals surface area contributed by atoms with Crippen LogP contribution in [-0.4, -0.2) is 24.6 Å². The molecule has 0 atom stereocenters.